The van der Waals surface area contributed by atoms with Gasteiger partial charge in [0.25, 0.3) is 0 Å². The minimum Gasteiger partial charge on any atom is -0.337 e. The number of hydrogen-bond acceptors (Lipinski definition) is 3. The molecule has 2 rings (SSSR count). The van der Waals surface area contributed by atoms with Crippen LogP contribution >= 0.6 is 11.8 Å². The zero-order valence-electron chi connectivity index (χ0n) is 14.0. The lowest BCUT2D eigenvalue weighted by molar-refractivity contribution is -0.121. The van der Waals surface area contributed by atoms with E-state index >= 15 is 0 Å². The Morgan fingerprint density at radius 3 is 2.43 bits per heavy atom. The summed E-state index contributed by atoms with van der Waals surface area (Å²) < 4.78 is 0. The number of thioether (sulfide) groups is 1. The van der Waals surface area contributed by atoms with Gasteiger partial charge in [0.05, 0.1) is 11.3 Å². The molecule has 0 saturated carbocycles. The molecule has 4 heteroatoms. The van der Waals surface area contributed by atoms with E-state index in [-0.39, 0.29) is 17.1 Å². The number of fused-ring (bicyclic) bond motifs is 1. The normalized spacial score (nSPS) is 15.0. The maximum atomic E-state index is 12.4. The predicted octanol–water partition coefficient (Wildman–Crippen LogP) is 4.37. The lowest BCUT2D eigenvalue weighted by Crippen LogP contribution is -2.51. The van der Waals surface area contributed by atoms with Gasteiger partial charge in [0.2, 0.25) is 5.91 Å². The highest BCUT2D eigenvalue weighted by Gasteiger charge is 2.31. The standard InChI is InChI=1S/C19H22N2OS/c1-13(2)19(4,12-20)21-18(22)14(3)23-17-10-9-15-7-5-6-8-16(15)11-17/h5-11,13-14H,1-4H3,(H,21,22). The highest BCUT2D eigenvalue weighted by molar-refractivity contribution is 8.00. The van der Waals surface area contributed by atoms with Crippen molar-refractivity contribution in [2.24, 2.45) is 5.92 Å². The topological polar surface area (TPSA) is 52.9 Å². The molecular formula is C19H22N2OS. The lowest BCUT2D eigenvalue weighted by Gasteiger charge is -2.28. The third kappa shape index (κ3) is 4.05. The van der Waals surface area contributed by atoms with E-state index in [1.165, 1.54) is 17.1 Å². The highest BCUT2D eigenvalue weighted by Crippen LogP contribution is 2.27. The van der Waals surface area contributed by atoms with Crippen molar-refractivity contribution in [3.63, 3.8) is 0 Å². The summed E-state index contributed by atoms with van der Waals surface area (Å²) in [6, 6.07) is 16.6. The Balaban J connectivity index is 2.09. The number of carbonyl (C=O) groups excluding carboxylic acids is 1. The third-order valence-electron chi connectivity index (χ3n) is 4.17. The third-order valence-corrected chi connectivity index (χ3v) is 5.27. The van der Waals surface area contributed by atoms with E-state index in [1.807, 2.05) is 39.0 Å². The monoisotopic (exact) mass is 326 g/mol. The number of nitrogens with one attached hydrogen (secondary N) is 1. The maximum absolute atomic E-state index is 12.4. The van der Waals surface area contributed by atoms with E-state index in [4.69, 9.17) is 0 Å². The molecule has 2 aromatic carbocycles. The number of hydrogen-bond donors (Lipinski definition) is 1. The van der Waals surface area contributed by atoms with Gasteiger partial charge in [-0.3, -0.25) is 4.79 Å². The first kappa shape index (κ1) is 17.4. The summed E-state index contributed by atoms with van der Waals surface area (Å²) in [5.41, 5.74) is -0.838. The van der Waals surface area contributed by atoms with Crippen LogP contribution in [0.4, 0.5) is 0 Å². The molecule has 0 heterocycles. The van der Waals surface area contributed by atoms with Crippen LogP contribution in [0.2, 0.25) is 0 Å². The second kappa shape index (κ2) is 7.06. The summed E-state index contributed by atoms with van der Waals surface area (Å²) in [7, 11) is 0. The van der Waals surface area contributed by atoms with Gasteiger partial charge in [-0.05, 0) is 42.7 Å². The number of amides is 1. The van der Waals surface area contributed by atoms with Crippen molar-refractivity contribution in [3.05, 3.63) is 42.5 Å². The number of rotatable bonds is 5. The van der Waals surface area contributed by atoms with Crippen molar-refractivity contribution in [3.8, 4) is 6.07 Å². The Morgan fingerprint density at radius 1 is 1.17 bits per heavy atom. The molecule has 0 bridgehead atoms. The fraction of sp³-hybridized carbons (Fsp3) is 0.368. The van der Waals surface area contributed by atoms with Gasteiger partial charge in [0.15, 0.2) is 0 Å². The molecule has 2 unspecified atom stereocenters. The molecule has 3 nitrogen and oxygen atoms in total. The Labute approximate surface area is 142 Å². The average Bonchev–Trinajstić information content (AvgIpc) is 2.54. The first-order valence-corrected chi connectivity index (χ1v) is 8.62. The zero-order valence-corrected chi connectivity index (χ0v) is 14.8. The number of carbonyl (C=O) groups is 1. The molecule has 0 fully saturated rings. The smallest absolute Gasteiger partial charge is 0.234 e. The van der Waals surface area contributed by atoms with Crippen molar-refractivity contribution >= 4 is 28.4 Å². The van der Waals surface area contributed by atoms with Gasteiger partial charge in [-0.25, -0.2) is 0 Å². The molecular weight excluding hydrogens is 304 g/mol. The van der Waals surface area contributed by atoms with E-state index in [1.54, 1.807) is 6.92 Å². The van der Waals surface area contributed by atoms with Crippen LogP contribution in [0.1, 0.15) is 27.7 Å². The highest BCUT2D eigenvalue weighted by atomic mass is 32.2. The molecule has 0 aliphatic heterocycles. The van der Waals surface area contributed by atoms with Crippen molar-refractivity contribution in [1.82, 2.24) is 5.32 Å². The molecule has 2 aromatic rings. The maximum Gasteiger partial charge on any atom is 0.234 e. The summed E-state index contributed by atoms with van der Waals surface area (Å²) in [4.78, 5) is 13.5. The minimum absolute atomic E-state index is 0.0503. The number of nitrogens with zero attached hydrogens (tertiary/aromatic N) is 1. The van der Waals surface area contributed by atoms with Crippen molar-refractivity contribution < 1.29 is 4.79 Å². The predicted molar refractivity (Wildman–Crippen MR) is 96.3 cm³/mol. The molecule has 0 radical (unpaired) electrons. The van der Waals surface area contributed by atoms with E-state index in [2.05, 4.69) is 35.7 Å². The van der Waals surface area contributed by atoms with Crippen LogP contribution < -0.4 is 5.32 Å². The summed E-state index contributed by atoms with van der Waals surface area (Å²) >= 11 is 1.51. The summed E-state index contributed by atoms with van der Waals surface area (Å²) in [6.07, 6.45) is 0. The number of benzene rings is 2. The molecule has 0 aliphatic rings. The number of nitriles is 1. The van der Waals surface area contributed by atoms with Crippen LogP contribution in [0.3, 0.4) is 0 Å². The summed E-state index contributed by atoms with van der Waals surface area (Å²) in [6.45, 7) is 7.51. The first-order valence-electron chi connectivity index (χ1n) is 7.74. The van der Waals surface area contributed by atoms with Gasteiger partial charge in [-0.1, -0.05) is 44.2 Å². The Hall–Kier alpha value is -1.99. The van der Waals surface area contributed by atoms with Gasteiger partial charge in [0.1, 0.15) is 5.54 Å². The van der Waals surface area contributed by atoms with Gasteiger partial charge >= 0.3 is 0 Å². The lowest BCUT2D eigenvalue weighted by atomic mass is 9.90. The second-order valence-electron chi connectivity index (χ2n) is 6.23. The van der Waals surface area contributed by atoms with E-state index < -0.39 is 5.54 Å². The van der Waals surface area contributed by atoms with E-state index in [0.29, 0.717) is 0 Å². The Morgan fingerprint density at radius 2 is 1.83 bits per heavy atom. The molecule has 23 heavy (non-hydrogen) atoms. The largest absolute Gasteiger partial charge is 0.337 e. The Bertz CT molecular complexity index is 750. The molecule has 120 valence electrons. The molecule has 0 aliphatic carbocycles. The fourth-order valence-corrected chi connectivity index (χ4v) is 3.07. The van der Waals surface area contributed by atoms with Crippen LogP contribution in [-0.4, -0.2) is 16.7 Å². The first-order chi connectivity index (χ1) is 10.9. The summed E-state index contributed by atoms with van der Waals surface area (Å²) in [5, 5.41) is 14.3. The SMILES string of the molecule is CC(Sc1ccc2ccccc2c1)C(=O)NC(C)(C#N)C(C)C. The average molecular weight is 326 g/mol. The van der Waals surface area contributed by atoms with Crippen molar-refractivity contribution in [2.45, 2.75) is 43.4 Å². The second-order valence-corrected chi connectivity index (χ2v) is 7.64. The van der Waals surface area contributed by atoms with E-state index in [9.17, 15) is 10.1 Å². The molecule has 2 atom stereocenters. The molecule has 0 saturated heterocycles. The van der Waals surface area contributed by atoms with Gasteiger partial charge < -0.3 is 5.32 Å². The van der Waals surface area contributed by atoms with Crippen LogP contribution in [0.25, 0.3) is 10.8 Å². The quantitative estimate of drug-likeness (QED) is 0.830. The van der Waals surface area contributed by atoms with Crippen LogP contribution in [0, 0.1) is 17.2 Å². The molecule has 0 aromatic heterocycles. The summed E-state index contributed by atoms with van der Waals surface area (Å²) in [5.74, 6) is -0.0600. The van der Waals surface area contributed by atoms with Gasteiger partial charge in [0, 0.05) is 4.90 Å². The van der Waals surface area contributed by atoms with E-state index in [0.717, 1.165) is 10.3 Å². The zero-order chi connectivity index (χ0) is 17.0. The fourth-order valence-electron chi connectivity index (χ4n) is 2.16. The van der Waals surface area contributed by atoms with Crippen LogP contribution in [0.15, 0.2) is 47.4 Å². The van der Waals surface area contributed by atoms with Crippen LogP contribution in [-0.2, 0) is 4.79 Å². The Kier molecular flexibility index (Phi) is 5.33. The molecule has 1 amide bonds. The van der Waals surface area contributed by atoms with Gasteiger partial charge in [-0.15, -0.1) is 11.8 Å². The van der Waals surface area contributed by atoms with Crippen molar-refractivity contribution in [1.29, 1.82) is 5.26 Å². The van der Waals surface area contributed by atoms with Gasteiger partial charge in [-0.2, -0.15) is 5.26 Å². The minimum atomic E-state index is -0.838. The molecule has 1 N–H and O–H groups in total. The molecule has 0 spiro atoms. The van der Waals surface area contributed by atoms with Crippen molar-refractivity contribution in [2.75, 3.05) is 0 Å². The van der Waals surface area contributed by atoms with Crippen LogP contribution in [0.5, 0.6) is 0 Å².